The summed E-state index contributed by atoms with van der Waals surface area (Å²) in [6.07, 6.45) is 1.01. The van der Waals surface area contributed by atoms with E-state index in [4.69, 9.17) is 15.2 Å². The molecule has 3 N–H and O–H groups in total. The summed E-state index contributed by atoms with van der Waals surface area (Å²) in [5, 5.41) is 3.40. The highest BCUT2D eigenvalue weighted by Gasteiger charge is 2.11. The first-order chi connectivity index (χ1) is 8.26. The van der Waals surface area contributed by atoms with Gasteiger partial charge in [0, 0.05) is 19.1 Å². The summed E-state index contributed by atoms with van der Waals surface area (Å²) < 4.78 is 10.5. The van der Waals surface area contributed by atoms with Gasteiger partial charge in [0.2, 0.25) is 0 Å². The lowest BCUT2D eigenvalue weighted by molar-refractivity contribution is 0.353. The smallest absolute Gasteiger partial charge is 0.161 e. The molecule has 4 nitrogen and oxygen atoms in total. The highest BCUT2D eigenvalue weighted by atomic mass is 16.5. The van der Waals surface area contributed by atoms with E-state index in [0.717, 1.165) is 24.5 Å². The Bertz CT molecular complexity index is 342. The molecule has 0 radical (unpaired) electrons. The average molecular weight is 238 g/mol. The number of ether oxygens (including phenoxy) is 2. The van der Waals surface area contributed by atoms with Crippen LogP contribution in [0.25, 0.3) is 0 Å². The maximum Gasteiger partial charge on any atom is 0.161 e. The van der Waals surface area contributed by atoms with E-state index < -0.39 is 0 Å². The summed E-state index contributed by atoms with van der Waals surface area (Å²) in [7, 11) is 3.29. The van der Waals surface area contributed by atoms with Crippen molar-refractivity contribution in [2.24, 2.45) is 5.73 Å². The Morgan fingerprint density at radius 1 is 1.24 bits per heavy atom. The zero-order valence-corrected chi connectivity index (χ0v) is 10.8. The topological polar surface area (TPSA) is 56.5 Å². The number of hydrogen-bond donors (Lipinski definition) is 2. The predicted octanol–water partition coefficient (Wildman–Crippen LogP) is 1.70. The Hall–Kier alpha value is -1.26. The van der Waals surface area contributed by atoms with Crippen molar-refractivity contribution in [2.75, 3.05) is 27.3 Å². The van der Waals surface area contributed by atoms with Gasteiger partial charge in [-0.1, -0.05) is 13.0 Å². The van der Waals surface area contributed by atoms with Crippen LogP contribution in [0.3, 0.4) is 0 Å². The quantitative estimate of drug-likeness (QED) is 0.759. The SMILES string of the molecule is CCC(NCCN)c1ccc(OC)c(OC)c1. The fraction of sp³-hybridized carbons (Fsp3) is 0.538. The summed E-state index contributed by atoms with van der Waals surface area (Å²) in [6, 6.07) is 6.30. The number of nitrogens with two attached hydrogens (primary N) is 1. The fourth-order valence-corrected chi connectivity index (χ4v) is 1.83. The molecule has 0 saturated carbocycles. The summed E-state index contributed by atoms with van der Waals surface area (Å²) in [5.41, 5.74) is 6.70. The molecule has 1 rings (SSSR count). The molecule has 0 aliphatic rings. The molecule has 1 aromatic carbocycles. The molecule has 4 heteroatoms. The van der Waals surface area contributed by atoms with Gasteiger partial charge >= 0.3 is 0 Å². The van der Waals surface area contributed by atoms with Crippen LogP contribution in [0.5, 0.6) is 11.5 Å². The van der Waals surface area contributed by atoms with Crippen LogP contribution in [-0.2, 0) is 0 Å². The lowest BCUT2D eigenvalue weighted by Gasteiger charge is -2.18. The molecule has 96 valence electrons. The van der Waals surface area contributed by atoms with Crippen molar-refractivity contribution in [1.29, 1.82) is 0 Å². The lowest BCUT2D eigenvalue weighted by atomic mass is 10.0. The van der Waals surface area contributed by atoms with Gasteiger partial charge in [0.15, 0.2) is 11.5 Å². The van der Waals surface area contributed by atoms with Crippen molar-refractivity contribution in [3.8, 4) is 11.5 Å². The Morgan fingerprint density at radius 2 is 1.94 bits per heavy atom. The normalized spacial score (nSPS) is 12.2. The Morgan fingerprint density at radius 3 is 2.47 bits per heavy atom. The van der Waals surface area contributed by atoms with Crippen molar-refractivity contribution in [3.05, 3.63) is 23.8 Å². The highest BCUT2D eigenvalue weighted by molar-refractivity contribution is 5.43. The average Bonchev–Trinajstić information content (AvgIpc) is 2.39. The minimum absolute atomic E-state index is 0.304. The van der Waals surface area contributed by atoms with Crippen molar-refractivity contribution < 1.29 is 9.47 Å². The zero-order chi connectivity index (χ0) is 12.7. The second kappa shape index (κ2) is 7.14. The predicted molar refractivity (Wildman–Crippen MR) is 69.6 cm³/mol. The first-order valence-corrected chi connectivity index (χ1v) is 5.92. The molecule has 1 unspecified atom stereocenters. The molecule has 1 atom stereocenters. The Labute approximate surface area is 103 Å². The van der Waals surface area contributed by atoms with E-state index in [1.807, 2.05) is 12.1 Å². The van der Waals surface area contributed by atoms with Gasteiger partial charge in [0.25, 0.3) is 0 Å². The molecule has 0 saturated heterocycles. The maximum absolute atomic E-state index is 5.50. The third kappa shape index (κ3) is 3.61. The van der Waals surface area contributed by atoms with Gasteiger partial charge in [-0.05, 0) is 24.1 Å². The summed E-state index contributed by atoms with van der Waals surface area (Å²) in [5.74, 6) is 1.52. The molecular formula is C13H22N2O2. The third-order valence-electron chi connectivity index (χ3n) is 2.75. The summed E-state index contributed by atoms with van der Waals surface area (Å²) in [6.45, 7) is 3.60. The number of rotatable bonds is 7. The molecule has 0 aliphatic heterocycles. The molecular weight excluding hydrogens is 216 g/mol. The van der Waals surface area contributed by atoms with Crippen LogP contribution in [0, 0.1) is 0 Å². The number of hydrogen-bond acceptors (Lipinski definition) is 4. The summed E-state index contributed by atoms with van der Waals surface area (Å²) in [4.78, 5) is 0. The lowest BCUT2D eigenvalue weighted by Crippen LogP contribution is -2.26. The summed E-state index contributed by atoms with van der Waals surface area (Å²) >= 11 is 0. The van der Waals surface area contributed by atoms with Gasteiger partial charge in [-0.25, -0.2) is 0 Å². The molecule has 0 heterocycles. The van der Waals surface area contributed by atoms with Crippen LogP contribution in [0.15, 0.2) is 18.2 Å². The van der Waals surface area contributed by atoms with E-state index in [-0.39, 0.29) is 0 Å². The van der Waals surface area contributed by atoms with Crippen molar-refractivity contribution >= 4 is 0 Å². The number of nitrogens with one attached hydrogen (secondary N) is 1. The van der Waals surface area contributed by atoms with Crippen LogP contribution >= 0.6 is 0 Å². The zero-order valence-electron chi connectivity index (χ0n) is 10.8. The van der Waals surface area contributed by atoms with Crippen LogP contribution in [0.1, 0.15) is 24.9 Å². The fourth-order valence-electron chi connectivity index (χ4n) is 1.83. The first-order valence-electron chi connectivity index (χ1n) is 5.92. The van der Waals surface area contributed by atoms with Gasteiger partial charge in [0.1, 0.15) is 0 Å². The molecule has 1 aromatic rings. The second-order valence-corrected chi connectivity index (χ2v) is 3.82. The molecule has 0 fully saturated rings. The van der Waals surface area contributed by atoms with E-state index in [1.54, 1.807) is 14.2 Å². The minimum Gasteiger partial charge on any atom is -0.493 e. The van der Waals surface area contributed by atoms with Gasteiger partial charge in [-0.15, -0.1) is 0 Å². The molecule has 0 bridgehead atoms. The Kier molecular flexibility index (Phi) is 5.80. The minimum atomic E-state index is 0.304. The van der Waals surface area contributed by atoms with E-state index in [2.05, 4.69) is 18.3 Å². The molecule has 0 spiro atoms. The Balaban J connectivity index is 2.88. The van der Waals surface area contributed by atoms with E-state index in [1.165, 1.54) is 5.56 Å². The van der Waals surface area contributed by atoms with Gasteiger partial charge in [0.05, 0.1) is 14.2 Å². The molecule has 0 aromatic heterocycles. The number of methoxy groups -OCH3 is 2. The van der Waals surface area contributed by atoms with E-state index >= 15 is 0 Å². The van der Waals surface area contributed by atoms with Crippen LogP contribution in [0.4, 0.5) is 0 Å². The van der Waals surface area contributed by atoms with Gasteiger partial charge in [-0.3, -0.25) is 0 Å². The van der Waals surface area contributed by atoms with Gasteiger partial charge < -0.3 is 20.5 Å². The van der Waals surface area contributed by atoms with E-state index in [0.29, 0.717) is 12.6 Å². The van der Waals surface area contributed by atoms with Crippen molar-refractivity contribution in [2.45, 2.75) is 19.4 Å². The second-order valence-electron chi connectivity index (χ2n) is 3.82. The largest absolute Gasteiger partial charge is 0.493 e. The standard InChI is InChI=1S/C13H22N2O2/c1-4-11(15-8-7-14)10-5-6-12(16-2)13(9-10)17-3/h5-6,9,11,15H,4,7-8,14H2,1-3H3. The monoisotopic (exact) mass is 238 g/mol. The van der Waals surface area contributed by atoms with Crippen LogP contribution < -0.4 is 20.5 Å². The van der Waals surface area contributed by atoms with Crippen molar-refractivity contribution in [3.63, 3.8) is 0 Å². The third-order valence-corrected chi connectivity index (χ3v) is 2.75. The first kappa shape index (κ1) is 13.8. The molecule has 17 heavy (non-hydrogen) atoms. The number of benzene rings is 1. The maximum atomic E-state index is 5.50. The molecule has 0 amide bonds. The highest BCUT2D eigenvalue weighted by Crippen LogP contribution is 2.30. The van der Waals surface area contributed by atoms with E-state index in [9.17, 15) is 0 Å². The van der Waals surface area contributed by atoms with Crippen LogP contribution in [-0.4, -0.2) is 27.3 Å². The van der Waals surface area contributed by atoms with Gasteiger partial charge in [-0.2, -0.15) is 0 Å². The van der Waals surface area contributed by atoms with Crippen LogP contribution in [0.2, 0.25) is 0 Å². The van der Waals surface area contributed by atoms with Crippen molar-refractivity contribution in [1.82, 2.24) is 5.32 Å². The molecule has 0 aliphatic carbocycles.